The number of sulfone groups is 1. The summed E-state index contributed by atoms with van der Waals surface area (Å²) in [5.41, 5.74) is 1.68. The zero-order valence-electron chi connectivity index (χ0n) is 11.6. The molecule has 21 heavy (non-hydrogen) atoms. The maximum absolute atomic E-state index is 11.6. The van der Waals surface area contributed by atoms with Gasteiger partial charge in [-0.05, 0) is 36.8 Å². The van der Waals surface area contributed by atoms with Crippen LogP contribution in [0.4, 0.5) is 0 Å². The van der Waals surface area contributed by atoms with Crippen LogP contribution < -0.4 is 4.74 Å². The predicted molar refractivity (Wildman–Crippen MR) is 84.9 cm³/mol. The van der Waals surface area contributed by atoms with E-state index in [4.69, 9.17) is 17.0 Å². The van der Waals surface area contributed by atoms with E-state index in [0.717, 1.165) is 23.2 Å². The molecule has 0 radical (unpaired) electrons. The number of hydrogen-bond acceptors (Lipinski definition) is 4. The number of fused-ring (bicyclic) bond motifs is 1. The van der Waals surface area contributed by atoms with Gasteiger partial charge < -0.3 is 14.3 Å². The van der Waals surface area contributed by atoms with Crippen molar-refractivity contribution in [3.05, 3.63) is 34.5 Å². The lowest BCUT2D eigenvalue weighted by Gasteiger charge is -2.11. The molecule has 1 unspecified atom stereocenters. The van der Waals surface area contributed by atoms with Gasteiger partial charge >= 0.3 is 0 Å². The molecule has 112 valence electrons. The Bertz CT molecular complexity index is 862. The summed E-state index contributed by atoms with van der Waals surface area (Å²) >= 11 is 5.36. The molecule has 0 fully saturated rings. The zero-order chi connectivity index (χ0) is 15.0. The first-order chi connectivity index (χ1) is 10.0. The Balaban J connectivity index is 2.11. The molecule has 1 aromatic heterocycles. The number of allylic oxidation sites excluding steroid dienone is 1. The molecule has 1 aliphatic heterocycles. The lowest BCUT2D eigenvalue weighted by atomic mass is 10.2. The second kappa shape index (κ2) is 5.31. The van der Waals surface area contributed by atoms with Gasteiger partial charge in [-0.1, -0.05) is 13.0 Å². The van der Waals surface area contributed by atoms with Crippen LogP contribution >= 0.6 is 12.2 Å². The second-order valence-electron chi connectivity index (χ2n) is 5.02. The molecule has 0 bridgehead atoms. The Kier molecular flexibility index (Phi) is 3.62. The number of benzene rings is 1. The van der Waals surface area contributed by atoms with Crippen molar-refractivity contribution in [3.63, 3.8) is 0 Å². The van der Waals surface area contributed by atoms with Crippen molar-refractivity contribution in [1.29, 1.82) is 0 Å². The third-order valence-corrected chi connectivity index (χ3v) is 5.10. The molecule has 7 heteroatoms. The van der Waals surface area contributed by atoms with Crippen LogP contribution in [0.2, 0.25) is 0 Å². The van der Waals surface area contributed by atoms with Crippen molar-refractivity contribution in [2.75, 3.05) is 12.4 Å². The van der Waals surface area contributed by atoms with E-state index in [1.807, 2.05) is 29.7 Å². The summed E-state index contributed by atoms with van der Waals surface area (Å²) in [6, 6.07) is 5.42. The largest absolute Gasteiger partial charge is 0.491 e. The van der Waals surface area contributed by atoms with Gasteiger partial charge in [0.05, 0.1) is 23.9 Å². The summed E-state index contributed by atoms with van der Waals surface area (Å²) in [7, 11) is -3.12. The topological polar surface area (TPSA) is 64.1 Å². The third kappa shape index (κ3) is 2.63. The summed E-state index contributed by atoms with van der Waals surface area (Å²) < 4.78 is 31.3. The van der Waals surface area contributed by atoms with Crippen LogP contribution in [0.25, 0.3) is 11.0 Å². The van der Waals surface area contributed by atoms with Gasteiger partial charge in [0, 0.05) is 5.41 Å². The van der Waals surface area contributed by atoms with Crippen LogP contribution in [0, 0.1) is 4.77 Å². The minimum atomic E-state index is -3.12. The normalized spacial score (nSPS) is 20.1. The SMILES string of the molecule is CCCOc1cccc2c1[nH]c(=S)n2C1C=CS(=O)(=O)C1. The van der Waals surface area contributed by atoms with Gasteiger partial charge in [0.15, 0.2) is 14.6 Å². The molecule has 1 aliphatic rings. The molecular formula is C14H16N2O3S2. The fraction of sp³-hybridized carbons (Fsp3) is 0.357. The van der Waals surface area contributed by atoms with Gasteiger partial charge in [0.25, 0.3) is 0 Å². The highest BCUT2D eigenvalue weighted by Crippen LogP contribution is 2.30. The number of ether oxygens (including phenoxy) is 1. The maximum atomic E-state index is 11.6. The third-order valence-electron chi connectivity index (χ3n) is 3.42. The standard InChI is InChI=1S/C14H16N2O3S2/c1-2-7-19-12-5-3-4-11-13(12)15-14(20)16(11)10-6-8-21(17,18)9-10/h3-6,8,10H,2,7,9H2,1H3,(H,15,20). The van der Waals surface area contributed by atoms with Crippen molar-refractivity contribution in [3.8, 4) is 5.75 Å². The molecule has 2 heterocycles. The van der Waals surface area contributed by atoms with Crippen LogP contribution in [0.1, 0.15) is 19.4 Å². The number of H-pyrrole nitrogens is 1. The van der Waals surface area contributed by atoms with E-state index in [2.05, 4.69) is 4.98 Å². The quantitative estimate of drug-likeness (QED) is 0.878. The first-order valence-corrected chi connectivity index (χ1v) is 8.91. The van der Waals surface area contributed by atoms with Crippen molar-refractivity contribution >= 4 is 33.1 Å². The number of para-hydroxylation sites is 1. The fourth-order valence-corrected chi connectivity index (χ4v) is 4.11. The summed E-state index contributed by atoms with van der Waals surface area (Å²) in [6.07, 6.45) is 2.60. The van der Waals surface area contributed by atoms with Crippen LogP contribution in [-0.2, 0) is 9.84 Å². The second-order valence-corrected chi connectivity index (χ2v) is 7.34. The lowest BCUT2D eigenvalue weighted by molar-refractivity contribution is 0.320. The van der Waals surface area contributed by atoms with Crippen molar-refractivity contribution in [1.82, 2.24) is 9.55 Å². The molecule has 0 saturated heterocycles. The van der Waals surface area contributed by atoms with E-state index in [1.54, 1.807) is 6.08 Å². The van der Waals surface area contributed by atoms with E-state index >= 15 is 0 Å². The molecule has 0 aliphatic carbocycles. The average Bonchev–Trinajstić information content (AvgIpc) is 2.95. The van der Waals surface area contributed by atoms with Gasteiger partial charge in [-0.25, -0.2) is 8.42 Å². The minimum absolute atomic E-state index is 0.0499. The highest BCUT2D eigenvalue weighted by atomic mass is 32.2. The molecule has 0 spiro atoms. The van der Waals surface area contributed by atoms with Crippen molar-refractivity contribution in [2.24, 2.45) is 0 Å². The van der Waals surface area contributed by atoms with Gasteiger partial charge in [0.1, 0.15) is 11.3 Å². The maximum Gasteiger partial charge on any atom is 0.178 e. The molecular weight excluding hydrogens is 308 g/mol. The fourth-order valence-electron chi connectivity index (χ4n) is 2.50. The van der Waals surface area contributed by atoms with Gasteiger partial charge in [0.2, 0.25) is 0 Å². The summed E-state index contributed by atoms with van der Waals surface area (Å²) in [5.74, 6) is 0.790. The molecule has 5 nitrogen and oxygen atoms in total. The first-order valence-electron chi connectivity index (χ1n) is 6.79. The summed E-state index contributed by atoms with van der Waals surface area (Å²) in [4.78, 5) is 3.13. The van der Waals surface area contributed by atoms with Gasteiger partial charge in [-0.15, -0.1) is 0 Å². The molecule has 1 N–H and O–H groups in total. The molecule has 1 aromatic carbocycles. The minimum Gasteiger partial charge on any atom is -0.491 e. The average molecular weight is 324 g/mol. The first kappa shape index (κ1) is 14.3. The number of aromatic amines is 1. The summed E-state index contributed by atoms with van der Waals surface area (Å²) in [5, 5.41) is 1.26. The highest BCUT2D eigenvalue weighted by Gasteiger charge is 2.25. The summed E-state index contributed by atoms with van der Waals surface area (Å²) in [6.45, 7) is 2.67. The number of nitrogens with zero attached hydrogens (tertiary/aromatic N) is 1. The Labute approximate surface area is 128 Å². The Morgan fingerprint density at radius 3 is 2.95 bits per heavy atom. The monoisotopic (exact) mass is 324 g/mol. The Morgan fingerprint density at radius 1 is 1.48 bits per heavy atom. The molecule has 2 aromatic rings. The van der Waals surface area contributed by atoms with Gasteiger partial charge in [-0.2, -0.15) is 0 Å². The van der Waals surface area contributed by atoms with Crippen LogP contribution in [-0.4, -0.2) is 30.3 Å². The Morgan fingerprint density at radius 2 is 2.29 bits per heavy atom. The van der Waals surface area contributed by atoms with Crippen LogP contribution in [0.15, 0.2) is 29.7 Å². The van der Waals surface area contributed by atoms with Crippen molar-refractivity contribution < 1.29 is 13.2 Å². The Hall–Kier alpha value is -1.60. The highest BCUT2D eigenvalue weighted by molar-refractivity contribution is 7.94. The van der Waals surface area contributed by atoms with E-state index in [9.17, 15) is 8.42 Å². The lowest BCUT2D eigenvalue weighted by Crippen LogP contribution is -2.11. The number of imidazole rings is 1. The number of rotatable bonds is 4. The molecule has 3 rings (SSSR count). The smallest absolute Gasteiger partial charge is 0.178 e. The van der Waals surface area contributed by atoms with Crippen LogP contribution in [0.5, 0.6) is 5.75 Å². The van der Waals surface area contributed by atoms with Crippen LogP contribution in [0.3, 0.4) is 0 Å². The molecule has 0 amide bonds. The number of aromatic nitrogens is 2. The molecule has 1 atom stereocenters. The van der Waals surface area contributed by atoms with E-state index in [0.29, 0.717) is 11.4 Å². The van der Waals surface area contributed by atoms with E-state index in [1.165, 1.54) is 5.41 Å². The van der Waals surface area contributed by atoms with Crippen molar-refractivity contribution in [2.45, 2.75) is 19.4 Å². The zero-order valence-corrected chi connectivity index (χ0v) is 13.2. The van der Waals surface area contributed by atoms with E-state index < -0.39 is 9.84 Å². The predicted octanol–water partition coefficient (Wildman–Crippen LogP) is 2.97. The number of hydrogen-bond donors (Lipinski definition) is 1. The van der Waals surface area contributed by atoms with Gasteiger partial charge in [-0.3, -0.25) is 0 Å². The molecule has 0 saturated carbocycles. The number of nitrogens with one attached hydrogen (secondary N) is 1. The van der Waals surface area contributed by atoms with E-state index in [-0.39, 0.29) is 11.8 Å².